The number of benzene rings is 1. The first kappa shape index (κ1) is 18.2. The summed E-state index contributed by atoms with van der Waals surface area (Å²) in [6.07, 6.45) is 0.921. The fourth-order valence-electron chi connectivity index (χ4n) is 2.73. The highest BCUT2D eigenvalue weighted by atomic mass is 16.5. The van der Waals surface area contributed by atoms with E-state index in [1.807, 2.05) is 37.1 Å². The second-order valence-electron chi connectivity index (χ2n) is 6.18. The first-order chi connectivity index (χ1) is 11.5. The van der Waals surface area contributed by atoms with Crippen LogP contribution < -0.4 is 0 Å². The topological polar surface area (TPSA) is 49.6 Å². The minimum atomic E-state index is -0.0624. The van der Waals surface area contributed by atoms with Crippen LogP contribution in [0.25, 0.3) is 0 Å². The smallest absolute Gasteiger partial charge is 0.276 e. The molecule has 1 amide bonds. The first-order valence-electron chi connectivity index (χ1n) is 8.54. The minimum absolute atomic E-state index is 0.0624. The highest BCUT2D eigenvalue weighted by Gasteiger charge is 2.22. The molecule has 1 aromatic carbocycles. The van der Waals surface area contributed by atoms with E-state index in [1.54, 1.807) is 6.07 Å². The largest absolute Gasteiger partial charge is 0.359 e. The summed E-state index contributed by atoms with van der Waals surface area (Å²) in [4.78, 5) is 16.5. The van der Waals surface area contributed by atoms with Gasteiger partial charge in [0.25, 0.3) is 5.91 Å². The Morgan fingerprint density at radius 1 is 1.21 bits per heavy atom. The molecule has 24 heavy (non-hydrogen) atoms. The van der Waals surface area contributed by atoms with Gasteiger partial charge in [0.1, 0.15) is 0 Å². The van der Waals surface area contributed by atoms with Crippen molar-refractivity contribution in [2.45, 2.75) is 46.3 Å². The Morgan fingerprint density at radius 2 is 1.92 bits per heavy atom. The van der Waals surface area contributed by atoms with Crippen LogP contribution in [0.3, 0.4) is 0 Å². The summed E-state index contributed by atoms with van der Waals surface area (Å²) >= 11 is 0. The molecule has 0 spiro atoms. The summed E-state index contributed by atoms with van der Waals surface area (Å²) in [6, 6.07) is 12.2. The molecule has 0 N–H and O–H groups in total. The van der Waals surface area contributed by atoms with Gasteiger partial charge in [-0.2, -0.15) is 0 Å². The van der Waals surface area contributed by atoms with Crippen LogP contribution in [0.4, 0.5) is 0 Å². The van der Waals surface area contributed by atoms with Crippen LogP contribution in [0.5, 0.6) is 0 Å². The maximum atomic E-state index is 12.6. The molecule has 1 heterocycles. The van der Waals surface area contributed by atoms with Crippen molar-refractivity contribution in [1.29, 1.82) is 0 Å². The zero-order valence-electron chi connectivity index (χ0n) is 15.0. The van der Waals surface area contributed by atoms with E-state index in [9.17, 15) is 4.79 Å². The molecule has 130 valence electrons. The molecule has 1 atom stereocenters. The van der Waals surface area contributed by atoms with Crippen LogP contribution in [0.15, 0.2) is 40.9 Å². The summed E-state index contributed by atoms with van der Waals surface area (Å²) < 4.78 is 5.36. The second-order valence-corrected chi connectivity index (χ2v) is 6.18. The molecule has 0 fully saturated rings. The Labute approximate surface area is 144 Å². The Hall–Kier alpha value is -2.14. The SMILES string of the molecule is CCC(C)N(CC)C(=O)c1cc(CN(C)Cc2ccccc2)on1. The number of nitrogens with zero attached hydrogens (tertiary/aromatic N) is 3. The third-order valence-electron chi connectivity index (χ3n) is 4.22. The lowest BCUT2D eigenvalue weighted by Crippen LogP contribution is -2.38. The molecule has 0 aliphatic rings. The monoisotopic (exact) mass is 329 g/mol. The van der Waals surface area contributed by atoms with Crippen molar-refractivity contribution in [3.8, 4) is 0 Å². The lowest BCUT2D eigenvalue weighted by Gasteiger charge is -2.26. The molecule has 5 heteroatoms. The summed E-state index contributed by atoms with van der Waals surface area (Å²) in [7, 11) is 2.02. The third-order valence-corrected chi connectivity index (χ3v) is 4.22. The summed E-state index contributed by atoms with van der Waals surface area (Å²) in [5, 5.41) is 3.97. The van der Waals surface area contributed by atoms with Crippen molar-refractivity contribution in [2.24, 2.45) is 0 Å². The van der Waals surface area contributed by atoms with E-state index in [0.717, 1.165) is 13.0 Å². The lowest BCUT2D eigenvalue weighted by atomic mass is 10.2. The number of hydrogen-bond acceptors (Lipinski definition) is 4. The fraction of sp³-hybridized carbons (Fsp3) is 0.474. The van der Waals surface area contributed by atoms with Crippen LogP contribution in [0.2, 0.25) is 0 Å². The van der Waals surface area contributed by atoms with E-state index < -0.39 is 0 Å². The standard InChI is InChI=1S/C19H27N3O2/c1-5-15(3)22(6-2)19(23)18-12-17(24-20-18)14-21(4)13-16-10-8-7-9-11-16/h7-12,15H,5-6,13-14H2,1-4H3. The molecule has 5 nitrogen and oxygen atoms in total. The van der Waals surface area contributed by atoms with Crippen LogP contribution in [0.1, 0.15) is 49.0 Å². The Bertz CT molecular complexity index is 639. The number of amides is 1. The van der Waals surface area contributed by atoms with E-state index in [0.29, 0.717) is 24.5 Å². The number of carbonyl (C=O) groups is 1. The molecular weight excluding hydrogens is 302 g/mol. The van der Waals surface area contributed by atoms with Crippen LogP contribution in [0, 0.1) is 0 Å². The fourth-order valence-corrected chi connectivity index (χ4v) is 2.73. The van der Waals surface area contributed by atoms with Crippen molar-refractivity contribution in [3.63, 3.8) is 0 Å². The van der Waals surface area contributed by atoms with Gasteiger partial charge in [-0.25, -0.2) is 0 Å². The van der Waals surface area contributed by atoms with Gasteiger partial charge in [0.2, 0.25) is 0 Å². The Kier molecular flexibility index (Phi) is 6.55. The van der Waals surface area contributed by atoms with Gasteiger partial charge in [-0.3, -0.25) is 9.69 Å². The number of carbonyl (C=O) groups excluding carboxylic acids is 1. The summed E-state index contributed by atoms with van der Waals surface area (Å²) in [6.45, 7) is 8.22. The zero-order chi connectivity index (χ0) is 17.5. The molecule has 2 aromatic rings. The van der Waals surface area contributed by atoms with Crippen LogP contribution in [-0.2, 0) is 13.1 Å². The van der Waals surface area contributed by atoms with Gasteiger partial charge in [0.05, 0.1) is 6.54 Å². The van der Waals surface area contributed by atoms with Gasteiger partial charge in [-0.05, 0) is 32.9 Å². The third kappa shape index (κ3) is 4.68. The molecule has 0 aliphatic carbocycles. The van der Waals surface area contributed by atoms with Gasteiger partial charge >= 0.3 is 0 Å². The molecule has 0 bridgehead atoms. The van der Waals surface area contributed by atoms with E-state index in [-0.39, 0.29) is 11.9 Å². The number of aromatic nitrogens is 1. The maximum Gasteiger partial charge on any atom is 0.276 e. The van der Waals surface area contributed by atoms with Crippen molar-refractivity contribution in [1.82, 2.24) is 15.0 Å². The van der Waals surface area contributed by atoms with E-state index >= 15 is 0 Å². The van der Waals surface area contributed by atoms with Crippen LogP contribution >= 0.6 is 0 Å². The van der Waals surface area contributed by atoms with E-state index in [4.69, 9.17) is 4.52 Å². The highest BCUT2D eigenvalue weighted by molar-refractivity contribution is 5.92. The molecule has 0 saturated carbocycles. The highest BCUT2D eigenvalue weighted by Crippen LogP contribution is 2.13. The van der Waals surface area contributed by atoms with Gasteiger partial charge in [-0.15, -0.1) is 0 Å². The Balaban J connectivity index is 1.98. The van der Waals surface area contributed by atoms with Crippen LogP contribution in [-0.4, -0.2) is 40.5 Å². The maximum absolute atomic E-state index is 12.6. The molecule has 0 saturated heterocycles. The predicted octanol–water partition coefficient (Wildman–Crippen LogP) is 3.57. The van der Waals surface area contributed by atoms with E-state index in [2.05, 4.69) is 36.0 Å². The second kappa shape index (κ2) is 8.64. The molecular formula is C19H27N3O2. The molecule has 1 unspecified atom stereocenters. The van der Waals surface area contributed by atoms with Crippen molar-refractivity contribution < 1.29 is 9.32 Å². The van der Waals surface area contributed by atoms with Gasteiger partial charge in [0, 0.05) is 25.2 Å². The van der Waals surface area contributed by atoms with Gasteiger partial charge in [0.15, 0.2) is 11.5 Å². The Morgan fingerprint density at radius 3 is 2.54 bits per heavy atom. The predicted molar refractivity (Wildman–Crippen MR) is 94.6 cm³/mol. The van der Waals surface area contributed by atoms with Crippen molar-refractivity contribution in [2.75, 3.05) is 13.6 Å². The number of hydrogen-bond donors (Lipinski definition) is 0. The number of rotatable bonds is 8. The van der Waals surface area contributed by atoms with Crippen molar-refractivity contribution >= 4 is 5.91 Å². The quantitative estimate of drug-likeness (QED) is 0.743. The molecule has 0 aliphatic heterocycles. The first-order valence-corrected chi connectivity index (χ1v) is 8.54. The summed E-state index contributed by atoms with van der Waals surface area (Å²) in [5.74, 6) is 0.643. The molecule has 1 aromatic heterocycles. The van der Waals surface area contributed by atoms with Crippen molar-refractivity contribution in [3.05, 3.63) is 53.4 Å². The normalized spacial score (nSPS) is 12.4. The minimum Gasteiger partial charge on any atom is -0.359 e. The van der Waals surface area contributed by atoms with Gasteiger partial charge in [-0.1, -0.05) is 42.4 Å². The molecule has 0 radical (unpaired) electrons. The molecule has 2 rings (SSSR count). The van der Waals surface area contributed by atoms with Gasteiger partial charge < -0.3 is 9.42 Å². The average molecular weight is 329 g/mol. The van der Waals surface area contributed by atoms with E-state index in [1.165, 1.54) is 5.56 Å². The zero-order valence-corrected chi connectivity index (χ0v) is 15.0. The lowest BCUT2D eigenvalue weighted by molar-refractivity contribution is 0.0689. The summed E-state index contributed by atoms with van der Waals surface area (Å²) in [5.41, 5.74) is 1.63. The average Bonchev–Trinajstić information content (AvgIpc) is 3.04.